The van der Waals surface area contributed by atoms with Crippen molar-refractivity contribution in [1.82, 2.24) is 9.97 Å². The van der Waals surface area contributed by atoms with Gasteiger partial charge < -0.3 is 18.9 Å². The normalized spacial score (nSPS) is 12.9. The van der Waals surface area contributed by atoms with Gasteiger partial charge in [-0.25, -0.2) is 4.98 Å². The van der Waals surface area contributed by atoms with Crippen molar-refractivity contribution in [1.29, 1.82) is 0 Å². The van der Waals surface area contributed by atoms with Crippen LogP contribution in [0.4, 0.5) is 0 Å². The first-order chi connectivity index (χ1) is 8.35. The third kappa shape index (κ3) is 4.12. The summed E-state index contributed by atoms with van der Waals surface area (Å²) >= 11 is 0. The Labute approximate surface area is 109 Å². The first-order valence-corrected chi connectivity index (χ1v) is 6.51. The molecule has 0 fully saturated rings. The minimum atomic E-state index is -1.99. The second-order valence-electron chi connectivity index (χ2n) is 5.20. The monoisotopic (exact) mass is 255 g/mol. The van der Waals surface area contributed by atoms with Gasteiger partial charge >= 0.3 is 6.75 Å². The van der Waals surface area contributed by atoms with Crippen molar-refractivity contribution in [3.63, 3.8) is 0 Å². The summed E-state index contributed by atoms with van der Waals surface area (Å²) in [6, 6.07) is 0. The molecule has 0 aliphatic carbocycles. The molecule has 0 aliphatic heterocycles. The highest BCUT2D eigenvalue weighted by atomic mass is 16.8. The lowest BCUT2D eigenvalue weighted by atomic mass is 9.72. The van der Waals surface area contributed by atoms with Crippen LogP contribution in [0, 0.1) is 0 Å². The number of hydrogen-bond donors (Lipinski definition) is 1. The second kappa shape index (κ2) is 6.36. The van der Waals surface area contributed by atoms with Crippen LogP contribution in [0.3, 0.4) is 0 Å². The molecule has 1 aromatic rings. The van der Waals surface area contributed by atoms with Crippen LogP contribution in [0.2, 0.25) is 0 Å². The van der Waals surface area contributed by atoms with E-state index in [0.717, 1.165) is 5.59 Å². The van der Waals surface area contributed by atoms with Gasteiger partial charge in [-0.05, 0) is 47.1 Å². The van der Waals surface area contributed by atoms with E-state index in [1.807, 2.05) is 41.5 Å². The molecule has 1 rings (SSSR count). The van der Waals surface area contributed by atoms with Crippen LogP contribution in [0.25, 0.3) is 0 Å². The third-order valence-corrected chi connectivity index (χ3v) is 2.25. The van der Waals surface area contributed by atoms with Crippen molar-refractivity contribution in [3.05, 3.63) is 12.5 Å². The first kappa shape index (κ1) is 15.2. The molecule has 18 heavy (non-hydrogen) atoms. The molecule has 0 spiro atoms. The quantitative estimate of drug-likeness (QED) is 0.755. The molecule has 0 saturated heterocycles. The highest BCUT2D eigenvalue weighted by Crippen LogP contribution is 2.16. The number of rotatable bonds is 7. The molecule has 0 aliphatic rings. The topological polar surface area (TPSA) is 56.4 Å². The Bertz CT molecular complexity index is 313. The molecular formula is C12H24BN2O3-. The van der Waals surface area contributed by atoms with Crippen LogP contribution < -0.4 is 5.59 Å². The van der Waals surface area contributed by atoms with Crippen LogP contribution in [-0.2, 0) is 14.0 Å². The van der Waals surface area contributed by atoms with E-state index in [-0.39, 0.29) is 18.3 Å². The number of imidazole rings is 1. The number of hydrogen-bond acceptors (Lipinski definition) is 4. The molecule has 0 unspecified atom stereocenters. The van der Waals surface area contributed by atoms with Crippen molar-refractivity contribution >= 4 is 12.3 Å². The number of aromatic amines is 1. The van der Waals surface area contributed by atoms with Crippen LogP contribution >= 0.6 is 0 Å². The Morgan fingerprint density at radius 3 is 1.67 bits per heavy atom. The molecule has 1 aromatic heterocycles. The smallest absolute Gasteiger partial charge is 0.427 e. The van der Waals surface area contributed by atoms with Gasteiger partial charge in [-0.1, -0.05) is 0 Å². The maximum absolute atomic E-state index is 5.95. The number of nitrogens with zero attached hydrogens (tertiary/aromatic N) is 1. The highest BCUT2D eigenvalue weighted by Gasteiger charge is 2.36. The van der Waals surface area contributed by atoms with Gasteiger partial charge in [-0.3, -0.25) is 0 Å². The molecule has 6 heteroatoms. The van der Waals surface area contributed by atoms with Gasteiger partial charge in [0.1, 0.15) is 0 Å². The summed E-state index contributed by atoms with van der Waals surface area (Å²) < 4.78 is 17.9. The van der Waals surface area contributed by atoms with Crippen molar-refractivity contribution < 1.29 is 14.0 Å². The van der Waals surface area contributed by atoms with E-state index in [1.54, 1.807) is 12.5 Å². The molecule has 0 radical (unpaired) electrons. The van der Waals surface area contributed by atoms with E-state index in [0.29, 0.717) is 0 Å². The summed E-state index contributed by atoms with van der Waals surface area (Å²) in [5.41, 5.74) is 0.728. The predicted octanol–water partition coefficient (Wildman–Crippen LogP) is 1.83. The summed E-state index contributed by atoms with van der Waals surface area (Å²) in [7, 11) is 0. The summed E-state index contributed by atoms with van der Waals surface area (Å²) in [4.78, 5) is 7.07. The minimum absolute atomic E-state index is 0.00852. The summed E-state index contributed by atoms with van der Waals surface area (Å²) in [5, 5.41) is 0. The Balaban J connectivity index is 3.07. The fourth-order valence-electron chi connectivity index (χ4n) is 1.85. The number of nitrogens with one attached hydrogen (secondary N) is 1. The molecule has 0 amide bonds. The summed E-state index contributed by atoms with van der Waals surface area (Å²) in [6.45, 7) is 9.76. The lowest BCUT2D eigenvalue weighted by molar-refractivity contribution is 0.0147. The van der Waals surface area contributed by atoms with Crippen molar-refractivity contribution in [2.24, 2.45) is 0 Å². The predicted molar refractivity (Wildman–Crippen MR) is 72.6 cm³/mol. The minimum Gasteiger partial charge on any atom is -0.538 e. The van der Waals surface area contributed by atoms with E-state index >= 15 is 0 Å². The molecule has 5 nitrogen and oxygen atoms in total. The van der Waals surface area contributed by atoms with Gasteiger partial charge in [0, 0.05) is 24.5 Å². The second-order valence-corrected chi connectivity index (χ2v) is 5.20. The Kier molecular flexibility index (Phi) is 5.37. The van der Waals surface area contributed by atoms with Crippen molar-refractivity contribution in [2.45, 2.75) is 59.9 Å². The lowest BCUT2D eigenvalue weighted by Gasteiger charge is -2.45. The molecule has 0 aromatic carbocycles. The zero-order chi connectivity index (χ0) is 13.8. The molecule has 0 bridgehead atoms. The molecule has 1 N–H and O–H groups in total. The number of aromatic nitrogens is 2. The van der Waals surface area contributed by atoms with Crippen molar-refractivity contribution in [2.75, 3.05) is 0 Å². The van der Waals surface area contributed by atoms with E-state index in [9.17, 15) is 0 Å². The SMILES string of the molecule is CC(C)O[B-](OC(C)C)(OC(C)C)c1cnc[nH]1. The summed E-state index contributed by atoms with van der Waals surface area (Å²) in [5.74, 6) is 0. The van der Waals surface area contributed by atoms with Crippen molar-refractivity contribution in [3.8, 4) is 0 Å². The van der Waals surface area contributed by atoms with Gasteiger partial charge in [-0.2, -0.15) is 0 Å². The van der Waals surface area contributed by atoms with Crippen LogP contribution in [0.1, 0.15) is 41.5 Å². The fraction of sp³-hybridized carbons (Fsp3) is 0.750. The largest absolute Gasteiger partial charge is 0.538 e. The zero-order valence-corrected chi connectivity index (χ0v) is 12.1. The third-order valence-electron chi connectivity index (χ3n) is 2.25. The molecular weight excluding hydrogens is 231 g/mol. The number of H-pyrrole nitrogens is 1. The maximum atomic E-state index is 5.95. The standard InChI is InChI=1S/C12H24BN2O3/c1-9(2)16-13(17-10(3)4,18-11(5)6)12-7-14-8-15-12/h7-11H,1-6H3,(H,14,15)/q-1. The first-order valence-electron chi connectivity index (χ1n) is 6.51. The Morgan fingerprint density at radius 1 is 0.944 bits per heavy atom. The zero-order valence-electron chi connectivity index (χ0n) is 12.1. The fourth-order valence-corrected chi connectivity index (χ4v) is 1.85. The van der Waals surface area contributed by atoms with Gasteiger partial charge in [-0.15, -0.1) is 0 Å². The average molecular weight is 255 g/mol. The molecule has 104 valence electrons. The molecule has 0 atom stereocenters. The Hall–Kier alpha value is -0.845. The van der Waals surface area contributed by atoms with Gasteiger partial charge in [0.25, 0.3) is 0 Å². The molecule has 1 heterocycles. The highest BCUT2D eigenvalue weighted by molar-refractivity contribution is 6.74. The van der Waals surface area contributed by atoms with Crippen LogP contribution in [0.5, 0.6) is 0 Å². The molecule has 0 saturated carbocycles. The summed E-state index contributed by atoms with van der Waals surface area (Å²) in [6.07, 6.45) is 3.26. The van der Waals surface area contributed by atoms with Gasteiger partial charge in [0.15, 0.2) is 0 Å². The lowest BCUT2D eigenvalue weighted by Crippen LogP contribution is -2.60. The maximum Gasteiger partial charge on any atom is 0.427 e. The van der Waals surface area contributed by atoms with Crippen LogP contribution in [0.15, 0.2) is 12.5 Å². The van der Waals surface area contributed by atoms with E-state index in [4.69, 9.17) is 14.0 Å². The van der Waals surface area contributed by atoms with Crippen LogP contribution in [-0.4, -0.2) is 35.0 Å². The van der Waals surface area contributed by atoms with Gasteiger partial charge in [0.2, 0.25) is 0 Å². The van der Waals surface area contributed by atoms with E-state index in [2.05, 4.69) is 9.97 Å². The Morgan fingerprint density at radius 2 is 1.39 bits per heavy atom. The average Bonchev–Trinajstić information content (AvgIpc) is 2.65. The van der Waals surface area contributed by atoms with E-state index in [1.165, 1.54) is 0 Å². The van der Waals surface area contributed by atoms with Gasteiger partial charge in [0.05, 0.1) is 6.33 Å². The van der Waals surface area contributed by atoms with E-state index < -0.39 is 6.75 Å².